The van der Waals surface area contributed by atoms with E-state index in [0.717, 1.165) is 30.8 Å². The predicted molar refractivity (Wildman–Crippen MR) is 95.7 cm³/mol. The van der Waals surface area contributed by atoms with E-state index in [1.54, 1.807) is 25.1 Å². The van der Waals surface area contributed by atoms with Crippen LogP contribution in [0.5, 0.6) is 5.75 Å². The molecule has 146 valence electrons. The van der Waals surface area contributed by atoms with Crippen LogP contribution in [0.3, 0.4) is 0 Å². The maximum atomic E-state index is 14.0. The van der Waals surface area contributed by atoms with Crippen LogP contribution in [0, 0.1) is 11.6 Å². The van der Waals surface area contributed by atoms with Gasteiger partial charge in [0.25, 0.3) is 0 Å². The van der Waals surface area contributed by atoms with Gasteiger partial charge in [0.1, 0.15) is 0 Å². The molecule has 0 aliphatic rings. The number of thioether (sulfide) groups is 1. The topological polar surface area (TPSA) is 81.7 Å². The molecule has 0 aliphatic carbocycles. The van der Waals surface area contributed by atoms with E-state index in [9.17, 15) is 22.0 Å². The summed E-state index contributed by atoms with van der Waals surface area (Å²) in [6.07, 6.45) is 0. The number of hydrogen-bond donors (Lipinski definition) is 1. The van der Waals surface area contributed by atoms with E-state index in [4.69, 9.17) is 4.74 Å². The van der Waals surface area contributed by atoms with Crippen LogP contribution in [0.25, 0.3) is 0 Å². The number of carbonyl (C=O) groups excluding carboxylic acids is 1. The maximum Gasteiger partial charge on any atom is 0.305 e. The predicted octanol–water partition coefficient (Wildman–Crippen LogP) is 3.28. The van der Waals surface area contributed by atoms with Crippen LogP contribution in [0.4, 0.5) is 8.78 Å². The summed E-state index contributed by atoms with van der Waals surface area (Å²) >= 11 is 0.920. The molecular weight excluding hydrogens is 400 g/mol. The van der Waals surface area contributed by atoms with E-state index in [2.05, 4.69) is 9.46 Å². The average Bonchev–Trinajstić information content (AvgIpc) is 2.57. The molecule has 0 saturated carbocycles. The Bertz CT molecular complexity index is 884. The number of sulfonamides is 1. The van der Waals surface area contributed by atoms with Crippen molar-refractivity contribution in [1.29, 1.82) is 0 Å². The molecule has 0 aromatic heterocycles. The van der Waals surface area contributed by atoms with E-state index in [1.807, 2.05) is 0 Å². The van der Waals surface area contributed by atoms with Gasteiger partial charge < -0.3 is 9.47 Å². The number of halogens is 2. The molecule has 1 atom stereocenters. The molecule has 0 spiro atoms. The van der Waals surface area contributed by atoms with Crippen molar-refractivity contribution < 1.29 is 31.5 Å². The normalized spacial score (nSPS) is 12.4. The molecule has 0 saturated heterocycles. The highest BCUT2D eigenvalue weighted by Gasteiger charge is 2.19. The number of hydrogen-bond acceptors (Lipinski definition) is 6. The fourth-order valence-corrected chi connectivity index (χ4v) is 4.44. The van der Waals surface area contributed by atoms with Gasteiger partial charge in [-0.05, 0) is 31.2 Å². The van der Waals surface area contributed by atoms with Gasteiger partial charge in [-0.25, -0.2) is 17.2 Å². The van der Waals surface area contributed by atoms with Crippen molar-refractivity contribution in [2.75, 3.05) is 6.79 Å². The first-order chi connectivity index (χ1) is 12.7. The zero-order valence-electron chi connectivity index (χ0n) is 14.4. The fraction of sp³-hybridized carbons (Fsp3) is 0.235. The van der Waals surface area contributed by atoms with Crippen molar-refractivity contribution in [3.05, 3.63) is 54.1 Å². The molecule has 0 amide bonds. The minimum absolute atomic E-state index is 0.0871. The molecule has 27 heavy (non-hydrogen) atoms. The van der Waals surface area contributed by atoms with Crippen molar-refractivity contribution >= 4 is 27.8 Å². The Morgan fingerprint density at radius 1 is 1.19 bits per heavy atom. The van der Waals surface area contributed by atoms with Crippen molar-refractivity contribution in [3.8, 4) is 5.75 Å². The van der Waals surface area contributed by atoms with Crippen LogP contribution in [-0.4, -0.2) is 26.6 Å². The summed E-state index contributed by atoms with van der Waals surface area (Å²) in [6.45, 7) is 2.06. The highest BCUT2D eigenvalue weighted by atomic mass is 32.2. The molecule has 6 nitrogen and oxygen atoms in total. The summed E-state index contributed by atoms with van der Waals surface area (Å²) in [6, 6.07) is 9.75. The molecule has 0 radical (unpaired) electrons. The Labute approximate surface area is 159 Å². The molecule has 0 fully saturated rings. The highest BCUT2D eigenvalue weighted by Crippen LogP contribution is 2.30. The zero-order valence-corrected chi connectivity index (χ0v) is 16.1. The molecule has 2 rings (SSSR count). The molecule has 0 heterocycles. The van der Waals surface area contributed by atoms with Gasteiger partial charge in [-0.3, -0.25) is 4.79 Å². The van der Waals surface area contributed by atoms with Gasteiger partial charge in [0.2, 0.25) is 16.8 Å². The zero-order chi connectivity index (χ0) is 20.0. The first kappa shape index (κ1) is 21.1. The molecule has 2 aromatic carbocycles. The molecule has 10 heteroatoms. The van der Waals surface area contributed by atoms with Gasteiger partial charge in [0, 0.05) is 11.8 Å². The van der Waals surface area contributed by atoms with Gasteiger partial charge in [-0.1, -0.05) is 18.2 Å². The minimum Gasteiger partial charge on any atom is -0.451 e. The Morgan fingerprint density at radius 3 is 2.33 bits per heavy atom. The largest absolute Gasteiger partial charge is 0.451 e. The Kier molecular flexibility index (Phi) is 7.17. The van der Waals surface area contributed by atoms with E-state index in [0.29, 0.717) is 0 Å². The molecule has 0 aliphatic heterocycles. The lowest BCUT2D eigenvalue weighted by molar-refractivity contribution is -0.147. The third-order valence-electron chi connectivity index (χ3n) is 3.12. The lowest BCUT2D eigenvalue weighted by atomic mass is 10.3. The second kappa shape index (κ2) is 9.16. The second-order valence-electron chi connectivity index (χ2n) is 5.31. The van der Waals surface area contributed by atoms with Gasteiger partial charge in [-0.15, -0.1) is 11.8 Å². The second-order valence-corrected chi connectivity index (χ2v) is 8.44. The van der Waals surface area contributed by atoms with Crippen molar-refractivity contribution in [2.24, 2.45) is 0 Å². The van der Waals surface area contributed by atoms with Gasteiger partial charge in [0.05, 0.1) is 10.3 Å². The summed E-state index contributed by atoms with van der Waals surface area (Å²) in [4.78, 5) is 10.9. The van der Waals surface area contributed by atoms with E-state index < -0.39 is 45.5 Å². The van der Waals surface area contributed by atoms with Gasteiger partial charge in [0.15, 0.2) is 17.4 Å². The van der Waals surface area contributed by atoms with Crippen molar-refractivity contribution in [2.45, 2.75) is 29.0 Å². The monoisotopic (exact) mass is 417 g/mol. The number of esters is 1. The first-order valence-electron chi connectivity index (χ1n) is 7.68. The number of nitrogens with one attached hydrogen (secondary N) is 1. The summed E-state index contributed by atoms with van der Waals surface area (Å²) in [5, 5.41) is -0.693. The van der Waals surface area contributed by atoms with Crippen LogP contribution < -0.4 is 9.46 Å². The number of ether oxygens (including phenoxy) is 2. The third-order valence-corrected chi connectivity index (χ3v) is 5.81. The number of rotatable bonds is 8. The van der Waals surface area contributed by atoms with Crippen LogP contribution in [-0.2, 0) is 19.6 Å². The number of benzene rings is 2. The molecular formula is C17H17F2NO5S2. The SMILES string of the molecule is CC(=O)OCOc1c(F)cc(SC(C)NS(=O)(=O)c2ccccc2)cc1F. The summed E-state index contributed by atoms with van der Waals surface area (Å²) < 4.78 is 64.2. The highest BCUT2D eigenvalue weighted by molar-refractivity contribution is 8.00. The molecule has 0 bridgehead atoms. The Balaban J connectivity index is 2.05. The Morgan fingerprint density at radius 2 is 1.78 bits per heavy atom. The smallest absolute Gasteiger partial charge is 0.305 e. The molecule has 1 N–H and O–H groups in total. The van der Waals surface area contributed by atoms with E-state index in [-0.39, 0.29) is 9.79 Å². The van der Waals surface area contributed by atoms with E-state index in [1.165, 1.54) is 12.1 Å². The van der Waals surface area contributed by atoms with Crippen molar-refractivity contribution in [3.63, 3.8) is 0 Å². The molecule has 1 unspecified atom stereocenters. The summed E-state index contributed by atoms with van der Waals surface area (Å²) in [5.41, 5.74) is 0. The van der Waals surface area contributed by atoms with Gasteiger partial charge in [-0.2, -0.15) is 4.72 Å². The summed E-state index contributed by atoms with van der Waals surface area (Å²) in [7, 11) is -3.76. The quantitative estimate of drug-likeness (QED) is 0.403. The van der Waals surface area contributed by atoms with Crippen LogP contribution in [0.2, 0.25) is 0 Å². The third kappa shape index (κ3) is 6.19. The fourth-order valence-electron chi connectivity index (χ4n) is 2.03. The van der Waals surface area contributed by atoms with E-state index >= 15 is 0 Å². The van der Waals surface area contributed by atoms with Crippen LogP contribution in [0.15, 0.2) is 52.3 Å². The standard InChI is InChI=1S/C17H17F2NO5S2/c1-11(20-27(22,23)14-6-4-3-5-7-14)26-13-8-15(18)17(16(19)9-13)25-10-24-12(2)21/h3-9,11,20H,10H2,1-2H3. The van der Waals surface area contributed by atoms with Crippen LogP contribution >= 0.6 is 11.8 Å². The average molecular weight is 417 g/mol. The first-order valence-corrected chi connectivity index (χ1v) is 10.0. The lowest BCUT2D eigenvalue weighted by Crippen LogP contribution is -2.30. The molecule has 2 aromatic rings. The maximum absolute atomic E-state index is 14.0. The number of carbonyl (C=O) groups is 1. The summed E-state index contributed by atoms with van der Waals surface area (Å²) in [5.74, 6) is -3.33. The van der Waals surface area contributed by atoms with Crippen LogP contribution in [0.1, 0.15) is 13.8 Å². The Hall–Kier alpha value is -2.17. The van der Waals surface area contributed by atoms with Gasteiger partial charge >= 0.3 is 5.97 Å². The lowest BCUT2D eigenvalue weighted by Gasteiger charge is -2.15. The minimum atomic E-state index is -3.76. The van der Waals surface area contributed by atoms with Crippen molar-refractivity contribution in [1.82, 2.24) is 4.72 Å².